The van der Waals surface area contributed by atoms with Crippen LogP contribution in [0.4, 0.5) is 5.69 Å². The number of hydrogen-bond donors (Lipinski definition) is 0. The number of benzene rings is 1. The molecular formula is C17H25N5. The maximum absolute atomic E-state index is 4.67. The van der Waals surface area contributed by atoms with Crippen molar-refractivity contribution in [2.75, 3.05) is 32.1 Å². The molecule has 0 spiro atoms. The van der Waals surface area contributed by atoms with E-state index in [-0.39, 0.29) is 0 Å². The minimum absolute atomic E-state index is 0.483. The van der Waals surface area contributed by atoms with E-state index >= 15 is 0 Å². The van der Waals surface area contributed by atoms with Crippen LogP contribution in [0.1, 0.15) is 30.5 Å². The Morgan fingerprint density at radius 2 is 1.86 bits per heavy atom. The van der Waals surface area contributed by atoms with Crippen LogP contribution >= 0.6 is 0 Å². The molecule has 1 aliphatic rings. The maximum Gasteiger partial charge on any atom is 0.147 e. The van der Waals surface area contributed by atoms with Gasteiger partial charge in [-0.1, -0.05) is 18.2 Å². The minimum atomic E-state index is 0.483. The van der Waals surface area contributed by atoms with Crippen LogP contribution in [-0.2, 0) is 6.54 Å². The SMILES string of the molecule is Cc1nc(CN(C)c2ccccc2)n(C2CCN(C)CC2)n1. The predicted molar refractivity (Wildman–Crippen MR) is 89.1 cm³/mol. The molecule has 5 heteroatoms. The van der Waals surface area contributed by atoms with Crippen LogP contribution < -0.4 is 4.90 Å². The molecule has 1 saturated heterocycles. The lowest BCUT2D eigenvalue weighted by Gasteiger charge is -2.30. The molecule has 0 saturated carbocycles. The highest BCUT2D eigenvalue weighted by atomic mass is 15.4. The normalized spacial score (nSPS) is 16.9. The molecule has 1 fully saturated rings. The van der Waals surface area contributed by atoms with E-state index in [4.69, 9.17) is 0 Å². The minimum Gasteiger partial charge on any atom is -0.367 e. The fourth-order valence-electron chi connectivity index (χ4n) is 3.10. The Labute approximate surface area is 132 Å². The molecule has 0 amide bonds. The summed E-state index contributed by atoms with van der Waals surface area (Å²) in [5, 5.41) is 4.67. The molecule has 3 rings (SSSR count). The van der Waals surface area contributed by atoms with Crippen LogP contribution in [0.3, 0.4) is 0 Å². The van der Waals surface area contributed by atoms with E-state index in [2.05, 4.69) is 62.9 Å². The second-order valence-corrected chi connectivity index (χ2v) is 6.25. The number of piperidine rings is 1. The van der Waals surface area contributed by atoms with Gasteiger partial charge in [-0.15, -0.1) is 0 Å². The van der Waals surface area contributed by atoms with Gasteiger partial charge in [0.2, 0.25) is 0 Å². The summed E-state index contributed by atoms with van der Waals surface area (Å²) in [6, 6.07) is 10.9. The lowest BCUT2D eigenvalue weighted by atomic mass is 10.1. The third-order valence-electron chi connectivity index (χ3n) is 4.42. The summed E-state index contributed by atoms with van der Waals surface area (Å²) in [5.74, 6) is 1.94. The molecule has 0 atom stereocenters. The van der Waals surface area contributed by atoms with Crippen LogP contribution in [0.15, 0.2) is 30.3 Å². The van der Waals surface area contributed by atoms with Crippen molar-refractivity contribution in [2.45, 2.75) is 32.4 Å². The quantitative estimate of drug-likeness (QED) is 0.869. The van der Waals surface area contributed by atoms with Crippen molar-refractivity contribution >= 4 is 5.69 Å². The molecule has 1 aromatic carbocycles. The molecule has 118 valence electrons. The summed E-state index contributed by atoms with van der Waals surface area (Å²) in [6.45, 7) is 5.05. The Morgan fingerprint density at radius 1 is 1.18 bits per heavy atom. The van der Waals surface area contributed by atoms with Gasteiger partial charge in [-0.2, -0.15) is 5.10 Å². The van der Waals surface area contributed by atoms with Gasteiger partial charge < -0.3 is 9.80 Å². The van der Waals surface area contributed by atoms with Gasteiger partial charge in [-0.05, 0) is 52.0 Å². The van der Waals surface area contributed by atoms with Gasteiger partial charge in [0.15, 0.2) is 0 Å². The Hall–Kier alpha value is -1.88. The van der Waals surface area contributed by atoms with Crippen LogP contribution in [0.2, 0.25) is 0 Å². The fraction of sp³-hybridized carbons (Fsp3) is 0.529. The Balaban J connectivity index is 1.76. The van der Waals surface area contributed by atoms with Crippen molar-refractivity contribution in [1.29, 1.82) is 0 Å². The predicted octanol–water partition coefficient (Wildman–Crippen LogP) is 2.49. The maximum atomic E-state index is 4.67. The molecule has 2 aromatic rings. The molecule has 0 radical (unpaired) electrons. The Morgan fingerprint density at radius 3 is 2.55 bits per heavy atom. The van der Waals surface area contributed by atoms with Crippen molar-refractivity contribution in [3.63, 3.8) is 0 Å². The van der Waals surface area contributed by atoms with Crippen molar-refractivity contribution in [2.24, 2.45) is 0 Å². The first kappa shape index (κ1) is 15.0. The highest BCUT2D eigenvalue weighted by Crippen LogP contribution is 2.23. The zero-order valence-electron chi connectivity index (χ0n) is 13.7. The molecule has 0 aliphatic carbocycles. The van der Waals surface area contributed by atoms with Crippen molar-refractivity contribution in [3.8, 4) is 0 Å². The molecule has 1 aromatic heterocycles. The highest BCUT2D eigenvalue weighted by molar-refractivity contribution is 5.45. The van der Waals surface area contributed by atoms with E-state index in [1.807, 2.05) is 13.0 Å². The molecular weight excluding hydrogens is 274 g/mol. The van der Waals surface area contributed by atoms with E-state index in [0.717, 1.165) is 44.1 Å². The van der Waals surface area contributed by atoms with Crippen LogP contribution in [0, 0.1) is 6.92 Å². The largest absolute Gasteiger partial charge is 0.367 e. The summed E-state index contributed by atoms with van der Waals surface area (Å²) >= 11 is 0. The third-order valence-corrected chi connectivity index (χ3v) is 4.42. The highest BCUT2D eigenvalue weighted by Gasteiger charge is 2.22. The zero-order valence-corrected chi connectivity index (χ0v) is 13.7. The first-order chi connectivity index (χ1) is 10.6. The Bertz CT molecular complexity index is 599. The van der Waals surface area contributed by atoms with E-state index in [1.54, 1.807) is 0 Å². The van der Waals surface area contributed by atoms with Crippen LogP contribution in [-0.4, -0.2) is 46.8 Å². The molecule has 5 nitrogen and oxygen atoms in total. The average molecular weight is 299 g/mol. The molecule has 1 aliphatic heterocycles. The third kappa shape index (κ3) is 3.30. The van der Waals surface area contributed by atoms with Gasteiger partial charge in [0, 0.05) is 12.7 Å². The molecule has 2 heterocycles. The summed E-state index contributed by atoms with van der Waals surface area (Å²) in [6.07, 6.45) is 2.31. The summed E-state index contributed by atoms with van der Waals surface area (Å²) < 4.78 is 2.17. The summed E-state index contributed by atoms with van der Waals surface area (Å²) in [7, 11) is 4.30. The standard InChI is InChI=1S/C17H25N5/c1-14-18-17(13-21(3)15-7-5-4-6-8-15)22(19-14)16-9-11-20(2)12-10-16/h4-8,16H,9-13H2,1-3H3. The van der Waals surface area contributed by atoms with Gasteiger partial charge in [-0.3, -0.25) is 0 Å². The van der Waals surface area contributed by atoms with Crippen LogP contribution in [0.5, 0.6) is 0 Å². The topological polar surface area (TPSA) is 37.2 Å². The van der Waals surface area contributed by atoms with E-state index in [9.17, 15) is 0 Å². The van der Waals surface area contributed by atoms with Gasteiger partial charge >= 0.3 is 0 Å². The lowest BCUT2D eigenvalue weighted by Crippen LogP contribution is -2.33. The number of likely N-dealkylation sites (tertiary alicyclic amines) is 1. The number of aryl methyl sites for hydroxylation is 1. The number of rotatable bonds is 4. The van der Waals surface area contributed by atoms with Gasteiger partial charge in [-0.25, -0.2) is 9.67 Å². The molecule has 0 N–H and O–H groups in total. The van der Waals surface area contributed by atoms with Gasteiger partial charge in [0.1, 0.15) is 11.6 Å². The second kappa shape index (κ2) is 6.48. The molecule has 22 heavy (non-hydrogen) atoms. The van der Waals surface area contributed by atoms with E-state index in [1.165, 1.54) is 5.69 Å². The van der Waals surface area contributed by atoms with Gasteiger partial charge in [0.25, 0.3) is 0 Å². The molecule has 0 bridgehead atoms. The average Bonchev–Trinajstić information content (AvgIpc) is 2.89. The van der Waals surface area contributed by atoms with Crippen molar-refractivity contribution in [3.05, 3.63) is 42.0 Å². The first-order valence-corrected chi connectivity index (χ1v) is 8.00. The van der Waals surface area contributed by atoms with E-state index < -0.39 is 0 Å². The van der Waals surface area contributed by atoms with Gasteiger partial charge in [0.05, 0.1) is 12.6 Å². The van der Waals surface area contributed by atoms with Crippen molar-refractivity contribution < 1.29 is 0 Å². The number of para-hydroxylation sites is 1. The summed E-state index contributed by atoms with van der Waals surface area (Å²) in [5.41, 5.74) is 1.21. The first-order valence-electron chi connectivity index (χ1n) is 8.00. The van der Waals surface area contributed by atoms with Crippen LogP contribution in [0.25, 0.3) is 0 Å². The second-order valence-electron chi connectivity index (χ2n) is 6.25. The van der Waals surface area contributed by atoms with Crippen molar-refractivity contribution in [1.82, 2.24) is 19.7 Å². The zero-order chi connectivity index (χ0) is 15.5. The van der Waals surface area contributed by atoms with E-state index in [0.29, 0.717) is 6.04 Å². The monoisotopic (exact) mass is 299 g/mol. The summed E-state index contributed by atoms with van der Waals surface area (Å²) in [4.78, 5) is 9.28. The molecule has 0 unspecified atom stereocenters. The number of aromatic nitrogens is 3. The number of hydrogen-bond acceptors (Lipinski definition) is 4. The number of nitrogens with zero attached hydrogens (tertiary/aromatic N) is 5. The smallest absolute Gasteiger partial charge is 0.147 e. The Kier molecular flexibility index (Phi) is 4.43. The lowest BCUT2D eigenvalue weighted by molar-refractivity contribution is 0.209. The fourth-order valence-corrected chi connectivity index (χ4v) is 3.10. The number of anilines is 1.